The van der Waals surface area contributed by atoms with Crippen LogP contribution in [0.2, 0.25) is 5.02 Å². The number of nitriles is 1. The first kappa shape index (κ1) is 23.9. The number of benzene rings is 2. The molecule has 0 atom stereocenters. The molecule has 0 aliphatic rings. The number of nitrogens with one attached hydrogen (secondary N) is 2. The Kier molecular flexibility index (Phi) is 6.76. The van der Waals surface area contributed by atoms with E-state index in [9.17, 15) is 10.1 Å². The van der Waals surface area contributed by atoms with E-state index in [4.69, 9.17) is 11.6 Å². The zero-order chi connectivity index (χ0) is 23.7. The SMILES string of the molecule is Cc1cnc2c(C#N)cc(Cc3cc(C(=O)NCc4ccc5[nH]cc(Cl)c5c4)ccn3)cc2c1.F. The topological polar surface area (TPSA) is 94.5 Å². The second-order valence-corrected chi connectivity index (χ2v) is 8.66. The number of nitrogens with zero attached hydrogens (tertiary/aromatic N) is 3. The molecule has 0 unspecified atom stereocenters. The molecule has 2 aromatic carbocycles. The van der Waals surface area contributed by atoms with Crippen molar-refractivity contribution in [3.05, 3.63) is 106 Å². The molecule has 5 aromatic rings. The lowest BCUT2D eigenvalue weighted by Gasteiger charge is -2.09. The van der Waals surface area contributed by atoms with E-state index in [1.165, 1.54) is 0 Å². The highest BCUT2D eigenvalue weighted by molar-refractivity contribution is 6.35. The van der Waals surface area contributed by atoms with Gasteiger partial charge >= 0.3 is 0 Å². The van der Waals surface area contributed by atoms with Crippen LogP contribution in [0.4, 0.5) is 4.70 Å². The summed E-state index contributed by atoms with van der Waals surface area (Å²) in [6.45, 7) is 2.36. The zero-order valence-corrected chi connectivity index (χ0v) is 19.6. The van der Waals surface area contributed by atoms with Gasteiger partial charge in [0.1, 0.15) is 6.07 Å². The van der Waals surface area contributed by atoms with Crippen LogP contribution in [0.25, 0.3) is 21.8 Å². The van der Waals surface area contributed by atoms with Crippen molar-refractivity contribution in [3.8, 4) is 6.07 Å². The molecule has 0 spiro atoms. The first-order chi connectivity index (χ1) is 16.5. The largest absolute Gasteiger partial charge is 0.360 e. The Labute approximate surface area is 206 Å². The fraction of sp³-hybridized carbons (Fsp3) is 0.111. The molecule has 0 saturated heterocycles. The third-order valence-electron chi connectivity index (χ3n) is 5.71. The number of fused-ring (bicyclic) bond motifs is 2. The summed E-state index contributed by atoms with van der Waals surface area (Å²) in [4.78, 5) is 24.7. The number of aryl methyl sites for hydroxylation is 1. The van der Waals surface area contributed by atoms with Crippen molar-refractivity contribution in [3.63, 3.8) is 0 Å². The van der Waals surface area contributed by atoms with Crippen molar-refractivity contribution < 1.29 is 9.50 Å². The van der Waals surface area contributed by atoms with Crippen molar-refractivity contribution >= 4 is 39.3 Å². The van der Waals surface area contributed by atoms with Crippen LogP contribution in [0, 0.1) is 18.3 Å². The maximum Gasteiger partial charge on any atom is 0.251 e. The smallest absolute Gasteiger partial charge is 0.251 e. The Morgan fingerprint density at radius 1 is 1.11 bits per heavy atom. The van der Waals surface area contributed by atoms with E-state index in [1.807, 2.05) is 43.3 Å². The van der Waals surface area contributed by atoms with Crippen LogP contribution >= 0.6 is 11.6 Å². The Bertz CT molecular complexity index is 1610. The van der Waals surface area contributed by atoms with E-state index in [1.54, 1.807) is 30.7 Å². The molecule has 0 aliphatic carbocycles. The minimum absolute atomic E-state index is 0. The minimum Gasteiger partial charge on any atom is -0.360 e. The normalized spacial score (nSPS) is 10.7. The van der Waals surface area contributed by atoms with Crippen molar-refractivity contribution in [1.82, 2.24) is 20.3 Å². The number of H-pyrrole nitrogens is 1. The van der Waals surface area contributed by atoms with Gasteiger partial charge in [0.15, 0.2) is 0 Å². The Morgan fingerprint density at radius 3 is 2.80 bits per heavy atom. The van der Waals surface area contributed by atoms with Crippen molar-refractivity contribution in [1.29, 1.82) is 5.26 Å². The summed E-state index contributed by atoms with van der Waals surface area (Å²) in [6.07, 6.45) is 5.65. The van der Waals surface area contributed by atoms with Gasteiger partial charge in [-0.15, -0.1) is 0 Å². The van der Waals surface area contributed by atoms with E-state index in [-0.39, 0.29) is 10.6 Å². The van der Waals surface area contributed by atoms with Gasteiger partial charge in [-0.3, -0.25) is 19.5 Å². The average Bonchev–Trinajstić information content (AvgIpc) is 3.22. The quantitative estimate of drug-likeness (QED) is 0.338. The predicted molar refractivity (Wildman–Crippen MR) is 135 cm³/mol. The highest BCUT2D eigenvalue weighted by Crippen LogP contribution is 2.24. The fourth-order valence-corrected chi connectivity index (χ4v) is 4.27. The van der Waals surface area contributed by atoms with Gasteiger partial charge in [-0.05, 0) is 66.1 Å². The molecule has 0 radical (unpaired) electrons. The summed E-state index contributed by atoms with van der Waals surface area (Å²) in [5.41, 5.74) is 6.39. The predicted octanol–water partition coefficient (Wildman–Crippen LogP) is 5.62. The van der Waals surface area contributed by atoms with Gasteiger partial charge in [0.2, 0.25) is 0 Å². The van der Waals surface area contributed by atoms with Gasteiger partial charge in [0.05, 0.1) is 16.1 Å². The summed E-state index contributed by atoms with van der Waals surface area (Å²) < 4.78 is 0. The fourth-order valence-electron chi connectivity index (χ4n) is 4.06. The number of rotatable bonds is 5. The van der Waals surface area contributed by atoms with E-state index >= 15 is 0 Å². The Hall–Kier alpha value is -4.28. The standard InChI is InChI=1S/C27H20ClN5O.FH/c1-16-6-20-7-18(8-21(12-29)26(20)32-13-16)9-22-11-19(4-5-30-22)27(34)33-14-17-2-3-25-23(10-17)24(28)15-31-25;/h2-8,10-11,13,15,31H,9,14H2,1H3,(H,33,34);1H. The summed E-state index contributed by atoms with van der Waals surface area (Å²) in [7, 11) is 0. The summed E-state index contributed by atoms with van der Waals surface area (Å²) in [5.74, 6) is -0.181. The molecule has 3 heterocycles. The van der Waals surface area contributed by atoms with Gasteiger partial charge < -0.3 is 10.3 Å². The van der Waals surface area contributed by atoms with Crippen LogP contribution in [-0.2, 0) is 13.0 Å². The molecule has 35 heavy (non-hydrogen) atoms. The van der Waals surface area contributed by atoms with E-state index < -0.39 is 0 Å². The average molecular weight is 486 g/mol. The molecule has 0 fully saturated rings. The molecule has 8 heteroatoms. The summed E-state index contributed by atoms with van der Waals surface area (Å²) in [5, 5.41) is 15.0. The van der Waals surface area contributed by atoms with Crippen LogP contribution in [-0.4, -0.2) is 20.9 Å². The second kappa shape index (κ2) is 9.92. The van der Waals surface area contributed by atoms with Gasteiger partial charge in [-0.1, -0.05) is 17.7 Å². The molecule has 174 valence electrons. The highest BCUT2D eigenvalue weighted by atomic mass is 35.5. The van der Waals surface area contributed by atoms with Crippen LogP contribution < -0.4 is 5.32 Å². The third kappa shape index (κ3) is 4.98. The number of amides is 1. The van der Waals surface area contributed by atoms with Crippen LogP contribution in [0.3, 0.4) is 0 Å². The summed E-state index contributed by atoms with van der Waals surface area (Å²) in [6, 6.07) is 17.5. The number of halogens is 2. The first-order valence-electron chi connectivity index (χ1n) is 10.8. The molecule has 6 nitrogen and oxygen atoms in total. The van der Waals surface area contributed by atoms with E-state index in [0.717, 1.165) is 38.7 Å². The third-order valence-corrected chi connectivity index (χ3v) is 6.03. The monoisotopic (exact) mass is 485 g/mol. The van der Waals surface area contributed by atoms with Gasteiger partial charge in [-0.2, -0.15) is 5.26 Å². The molecule has 0 saturated carbocycles. The maximum atomic E-state index is 12.8. The van der Waals surface area contributed by atoms with Gasteiger partial charge in [0.25, 0.3) is 5.91 Å². The number of aromatic amines is 1. The molecule has 0 aliphatic heterocycles. The number of aromatic nitrogens is 3. The van der Waals surface area contributed by atoms with Crippen LogP contribution in [0.1, 0.15) is 38.3 Å². The molecule has 1 amide bonds. The number of carbonyl (C=O) groups excluding carboxylic acids is 1. The van der Waals surface area contributed by atoms with Gasteiger partial charge in [-0.25, -0.2) is 0 Å². The van der Waals surface area contributed by atoms with Gasteiger partial charge in [0, 0.05) is 59.1 Å². The van der Waals surface area contributed by atoms with Crippen LogP contribution in [0.15, 0.2) is 67.1 Å². The Morgan fingerprint density at radius 2 is 1.97 bits per heavy atom. The van der Waals surface area contributed by atoms with Crippen molar-refractivity contribution in [2.24, 2.45) is 0 Å². The van der Waals surface area contributed by atoms with E-state index in [2.05, 4.69) is 26.3 Å². The number of pyridine rings is 2. The lowest BCUT2D eigenvalue weighted by molar-refractivity contribution is 0.0950. The lowest BCUT2D eigenvalue weighted by atomic mass is 10.0. The molecule has 2 N–H and O–H groups in total. The number of carbonyl (C=O) groups is 1. The molecule has 3 aromatic heterocycles. The molecular formula is C27H21ClFN5O. The molecular weight excluding hydrogens is 465 g/mol. The number of hydrogen-bond acceptors (Lipinski definition) is 4. The Balaban J connectivity index is 0.00000289. The van der Waals surface area contributed by atoms with Crippen molar-refractivity contribution in [2.75, 3.05) is 0 Å². The van der Waals surface area contributed by atoms with E-state index in [0.29, 0.717) is 34.6 Å². The summed E-state index contributed by atoms with van der Waals surface area (Å²) >= 11 is 6.20. The second-order valence-electron chi connectivity index (χ2n) is 8.25. The molecule has 5 rings (SSSR count). The van der Waals surface area contributed by atoms with Crippen molar-refractivity contribution in [2.45, 2.75) is 19.9 Å². The van der Waals surface area contributed by atoms with Crippen LogP contribution in [0.5, 0.6) is 0 Å². The zero-order valence-electron chi connectivity index (χ0n) is 18.8. The highest BCUT2D eigenvalue weighted by Gasteiger charge is 2.11. The number of hydrogen-bond donors (Lipinski definition) is 2. The lowest BCUT2D eigenvalue weighted by Crippen LogP contribution is -2.23. The molecule has 0 bridgehead atoms. The maximum absolute atomic E-state index is 12.8. The first-order valence-corrected chi connectivity index (χ1v) is 11.2. The minimum atomic E-state index is -0.181.